The molecule has 1 aromatic carbocycles. The second kappa shape index (κ2) is 5.22. The lowest BCUT2D eigenvalue weighted by molar-refractivity contribution is 0.515. The quantitative estimate of drug-likeness (QED) is 0.918. The fraction of sp³-hybridized carbons (Fsp3) is 0.600. The predicted molar refractivity (Wildman–Crippen MR) is 80.2 cm³/mol. The second-order valence-corrected chi connectivity index (χ2v) is 6.52. The lowest BCUT2D eigenvalue weighted by Gasteiger charge is -2.21. The van der Waals surface area contributed by atoms with Gasteiger partial charge in [-0.1, -0.05) is 22.0 Å². The lowest BCUT2D eigenvalue weighted by atomic mass is 10.1. The Hall–Kier alpha value is -0.540. The molecule has 0 bridgehead atoms. The van der Waals surface area contributed by atoms with Gasteiger partial charge in [0.2, 0.25) is 0 Å². The van der Waals surface area contributed by atoms with E-state index in [1.54, 1.807) is 0 Å². The molecule has 1 aliphatic heterocycles. The van der Waals surface area contributed by atoms with Gasteiger partial charge < -0.3 is 10.2 Å². The highest BCUT2D eigenvalue weighted by Gasteiger charge is 2.26. The van der Waals surface area contributed by atoms with E-state index in [-0.39, 0.29) is 0 Å². The van der Waals surface area contributed by atoms with Crippen LogP contribution in [0.2, 0.25) is 0 Å². The fourth-order valence-corrected chi connectivity index (χ4v) is 3.13. The third-order valence-corrected chi connectivity index (χ3v) is 5.00. The molecule has 1 saturated heterocycles. The van der Waals surface area contributed by atoms with Gasteiger partial charge in [0.15, 0.2) is 0 Å². The van der Waals surface area contributed by atoms with Gasteiger partial charge in [-0.3, -0.25) is 0 Å². The van der Waals surface area contributed by atoms with Crippen LogP contribution in [0.5, 0.6) is 0 Å². The minimum atomic E-state index is 0.823. The van der Waals surface area contributed by atoms with E-state index in [2.05, 4.69) is 51.3 Å². The average molecular weight is 309 g/mol. The minimum Gasteiger partial charge on any atom is -0.371 e. The average Bonchev–Trinajstić information content (AvgIpc) is 3.08. The molecule has 0 amide bonds. The Morgan fingerprint density at radius 1 is 1.33 bits per heavy atom. The molecule has 1 unspecified atom stereocenters. The van der Waals surface area contributed by atoms with E-state index < -0.39 is 0 Å². The first kappa shape index (κ1) is 12.5. The van der Waals surface area contributed by atoms with Crippen molar-refractivity contribution in [1.29, 1.82) is 0 Å². The van der Waals surface area contributed by atoms with E-state index >= 15 is 0 Å². The van der Waals surface area contributed by atoms with Gasteiger partial charge in [0.1, 0.15) is 0 Å². The third-order valence-electron chi connectivity index (χ3n) is 4.14. The van der Waals surface area contributed by atoms with Gasteiger partial charge in [-0.25, -0.2) is 0 Å². The smallest absolute Gasteiger partial charge is 0.0407 e. The van der Waals surface area contributed by atoms with Crippen molar-refractivity contribution in [3.63, 3.8) is 0 Å². The zero-order chi connectivity index (χ0) is 12.5. The molecule has 98 valence electrons. The molecule has 1 N–H and O–H groups in total. The summed E-state index contributed by atoms with van der Waals surface area (Å²) in [5.41, 5.74) is 2.77. The number of rotatable bonds is 4. The molecule has 0 radical (unpaired) electrons. The topological polar surface area (TPSA) is 15.3 Å². The largest absolute Gasteiger partial charge is 0.371 e. The molecule has 1 heterocycles. The first-order valence-corrected chi connectivity index (χ1v) is 7.77. The molecule has 2 nitrogen and oxygen atoms in total. The van der Waals surface area contributed by atoms with Crippen LogP contribution in [-0.2, 0) is 0 Å². The monoisotopic (exact) mass is 308 g/mol. The maximum Gasteiger partial charge on any atom is 0.0407 e. The summed E-state index contributed by atoms with van der Waals surface area (Å²) in [6.45, 7) is 5.81. The van der Waals surface area contributed by atoms with E-state index in [1.165, 1.54) is 54.6 Å². The third kappa shape index (κ3) is 2.72. The zero-order valence-corrected chi connectivity index (χ0v) is 12.5. The number of hydrogen-bond donors (Lipinski definition) is 1. The summed E-state index contributed by atoms with van der Waals surface area (Å²) >= 11 is 3.63. The molecule has 1 aromatic rings. The Labute approximate surface area is 118 Å². The molecular formula is C15H21BrN2. The molecule has 3 heteroatoms. The van der Waals surface area contributed by atoms with Crippen LogP contribution in [0, 0.1) is 12.8 Å². The summed E-state index contributed by atoms with van der Waals surface area (Å²) in [6, 6.07) is 7.35. The number of benzene rings is 1. The number of anilines is 1. The molecule has 0 aromatic heterocycles. The van der Waals surface area contributed by atoms with E-state index in [4.69, 9.17) is 0 Å². The number of nitrogens with one attached hydrogen (secondary N) is 1. The van der Waals surface area contributed by atoms with Gasteiger partial charge in [0.05, 0.1) is 0 Å². The van der Waals surface area contributed by atoms with Crippen LogP contribution in [0.25, 0.3) is 0 Å². The summed E-state index contributed by atoms with van der Waals surface area (Å²) in [7, 11) is 0. The first-order chi connectivity index (χ1) is 8.74. The van der Waals surface area contributed by atoms with Gasteiger partial charge in [0.25, 0.3) is 0 Å². The van der Waals surface area contributed by atoms with Crippen LogP contribution in [0.4, 0.5) is 5.69 Å². The van der Waals surface area contributed by atoms with E-state index in [0.717, 1.165) is 12.0 Å². The van der Waals surface area contributed by atoms with Crippen molar-refractivity contribution in [1.82, 2.24) is 5.32 Å². The van der Waals surface area contributed by atoms with E-state index in [9.17, 15) is 0 Å². The van der Waals surface area contributed by atoms with Crippen LogP contribution >= 0.6 is 15.9 Å². The van der Waals surface area contributed by atoms with Crippen LogP contribution in [-0.4, -0.2) is 25.7 Å². The van der Waals surface area contributed by atoms with Crippen molar-refractivity contribution in [2.24, 2.45) is 5.92 Å². The SMILES string of the molecule is Cc1c(Br)cccc1N1CCC(CNC2CC2)C1. The predicted octanol–water partition coefficient (Wildman–Crippen LogP) is 3.34. The van der Waals surface area contributed by atoms with Crippen LogP contribution in [0.1, 0.15) is 24.8 Å². The Morgan fingerprint density at radius 3 is 2.94 bits per heavy atom. The van der Waals surface area contributed by atoms with Crippen molar-refractivity contribution in [3.8, 4) is 0 Å². The normalized spacial score (nSPS) is 23.7. The molecule has 18 heavy (non-hydrogen) atoms. The first-order valence-electron chi connectivity index (χ1n) is 6.97. The zero-order valence-electron chi connectivity index (χ0n) is 11.0. The fourth-order valence-electron chi connectivity index (χ4n) is 2.78. The van der Waals surface area contributed by atoms with Crippen LogP contribution in [0.15, 0.2) is 22.7 Å². The molecule has 1 saturated carbocycles. The standard InChI is InChI=1S/C15H21BrN2/c1-11-14(16)3-2-4-15(11)18-8-7-12(10-18)9-17-13-5-6-13/h2-4,12-13,17H,5-10H2,1H3. The summed E-state index contributed by atoms with van der Waals surface area (Å²) in [6.07, 6.45) is 4.11. The molecule has 2 fully saturated rings. The molecular weight excluding hydrogens is 288 g/mol. The molecule has 0 spiro atoms. The summed E-state index contributed by atoms with van der Waals surface area (Å²) in [5.74, 6) is 0.823. The number of hydrogen-bond acceptors (Lipinski definition) is 2. The molecule has 1 aliphatic carbocycles. The van der Waals surface area contributed by atoms with Gasteiger partial charge in [-0.2, -0.15) is 0 Å². The summed E-state index contributed by atoms with van der Waals surface area (Å²) in [5, 5.41) is 3.66. The molecule has 2 aliphatic rings. The van der Waals surface area contributed by atoms with Gasteiger partial charge in [-0.05, 0) is 56.3 Å². The van der Waals surface area contributed by atoms with Crippen LogP contribution < -0.4 is 10.2 Å². The minimum absolute atomic E-state index is 0.823. The highest BCUT2D eigenvalue weighted by atomic mass is 79.9. The van der Waals surface area contributed by atoms with Gasteiger partial charge in [0, 0.05) is 29.3 Å². The van der Waals surface area contributed by atoms with Crippen molar-refractivity contribution in [3.05, 3.63) is 28.2 Å². The number of halogens is 1. The van der Waals surface area contributed by atoms with E-state index in [1.807, 2.05) is 0 Å². The highest BCUT2D eigenvalue weighted by molar-refractivity contribution is 9.10. The highest BCUT2D eigenvalue weighted by Crippen LogP contribution is 2.31. The van der Waals surface area contributed by atoms with Gasteiger partial charge >= 0.3 is 0 Å². The van der Waals surface area contributed by atoms with E-state index in [0.29, 0.717) is 0 Å². The van der Waals surface area contributed by atoms with Crippen molar-refractivity contribution < 1.29 is 0 Å². The Morgan fingerprint density at radius 2 is 2.17 bits per heavy atom. The molecule has 1 atom stereocenters. The van der Waals surface area contributed by atoms with Crippen molar-refractivity contribution >= 4 is 21.6 Å². The Kier molecular flexibility index (Phi) is 3.62. The Bertz CT molecular complexity index is 429. The lowest BCUT2D eigenvalue weighted by Crippen LogP contribution is -2.27. The van der Waals surface area contributed by atoms with Crippen LogP contribution in [0.3, 0.4) is 0 Å². The number of nitrogens with zero attached hydrogens (tertiary/aromatic N) is 1. The second-order valence-electron chi connectivity index (χ2n) is 5.67. The molecule has 3 rings (SSSR count). The van der Waals surface area contributed by atoms with Crippen molar-refractivity contribution in [2.45, 2.75) is 32.2 Å². The summed E-state index contributed by atoms with van der Waals surface area (Å²) < 4.78 is 1.22. The maximum absolute atomic E-state index is 3.66. The summed E-state index contributed by atoms with van der Waals surface area (Å²) in [4.78, 5) is 2.54. The van der Waals surface area contributed by atoms with Gasteiger partial charge in [-0.15, -0.1) is 0 Å². The Balaban J connectivity index is 1.61. The van der Waals surface area contributed by atoms with Crippen molar-refractivity contribution in [2.75, 3.05) is 24.5 Å². The maximum atomic E-state index is 3.66.